The fraction of sp³-hybridized carbons (Fsp3) is 0.148. The first-order valence-corrected chi connectivity index (χ1v) is 10.6. The van der Waals surface area contributed by atoms with Gasteiger partial charge in [0.25, 0.3) is 0 Å². The van der Waals surface area contributed by atoms with E-state index in [1.165, 1.54) is 0 Å². The van der Waals surface area contributed by atoms with Gasteiger partial charge in [-0.2, -0.15) is 0 Å². The van der Waals surface area contributed by atoms with Crippen molar-refractivity contribution in [2.24, 2.45) is 0 Å². The average molecular weight is 421 g/mol. The highest BCUT2D eigenvalue weighted by Crippen LogP contribution is 2.36. The van der Waals surface area contributed by atoms with Crippen molar-refractivity contribution in [3.05, 3.63) is 90.8 Å². The van der Waals surface area contributed by atoms with Crippen LogP contribution in [0.3, 0.4) is 0 Å². The van der Waals surface area contributed by atoms with Crippen LogP contribution in [0.5, 0.6) is 5.75 Å². The Hall–Kier alpha value is -3.99. The standard InChI is InChI=1S/C27H24N4O/c1-4-18-13-14-25(28-22(18)5-2)31-16-20(17-31)27-26(19-9-8-10-21(15-19)32-3)29-23-11-6-7-12-24(23)30-27/h4-15,20H,1-2,16-17H2,3H3. The molecule has 1 aliphatic heterocycles. The van der Waals surface area contributed by atoms with Gasteiger partial charge in [0.1, 0.15) is 11.6 Å². The molecule has 0 radical (unpaired) electrons. The second-order valence-electron chi connectivity index (χ2n) is 7.83. The Morgan fingerprint density at radius 2 is 1.69 bits per heavy atom. The van der Waals surface area contributed by atoms with Crippen LogP contribution in [-0.2, 0) is 0 Å². The number of hydrogen-bond acceptors (Lipinski definition) is 5. The topological polar surface area (TPSA) is 51.1 Å². The minimum atomic E-state index is 0.265. The summed E-state index contributed by atoms with van der Waals surface area (Å²) in [5.74, 6) is 2.02. The molecular weight excluding hydrogens is 396 g/mol. The normalized spacial score (nSPS) is 13.6. The van der Waals surface area contributed by atoms with E-state index in [2.05, 4.69) is 24.1 Å². The fourth-order valence-electron chi connectivity index (χ4n) is 4.11. The number of rotatable bonds is 6. The fourth-order valence-corrected chi connectivity index (χ4v) is 4.11. The molecule has 5 nitrogen and oxygen atoms in total. The number of fused-ring (bicyclic) bond motifs is 1. The van der Waals surface area contributed by atoms with Crippen LogP contribution in [0, 0.1) is 0 Å². The van der Waals surface area contributed by atoms with Crippen LogP contribution in [0.25, 0.3) is 34.4 Å². The van der Waals surface area contributed by atoms with Gasteiger partial charge in [-0.3, -0.25) is 0 Å². The van der Waals surface area contributed by atoms with Gasteiger partial charge in [-0.05, 0) is 48.0 Å². The molecule has 158 valence electrons. The summed E-state index contributed by atoms with van der Waals surface area (Å²) in [5.41, 5.74) is 6.58. The second kappa shape index (κ2) is 8.27. The first-order chi connectivity index (χ1) is 15.7. The average Bonchev–Trinajstić information content (AvgIpc) is 2.82. The Kier molecular flexibility index (Phi) is 5.15. The third kappa shape index (κ3) is 3.52. The second-order valence-corrected chi connectivity index (χ2v) is 7.83. The Bertz CT molecular complexity index is 1320. The molecule has 2 aromatic carbocycles. The number of para-hydroxylation sites is 2. The van der Waals surface area contributed by atoms with Gasteiger partial charge in [0.15, 0.2) is 0 Å². The van der Waals surface area contributed by atoms with Gasteiger partial charge >= 0.3 is 0 Å². The third-order valence-electron chi connectivity index (χ3n) is 5.89. The predicted octanol–water partition coefficient (Wildman–Crippen LogP) is 5.59. The van der Waals surface area contributed by atoms with E-state index in [9.17, 15) is 0 Å². The number of anilines is 1. The summed E-state index contributed by atoms with van der Waals surface area (Å²) >= 11 is 0. The van der Waals surface area contributed by atoms with Crippen molar-refractivity contribution in [2.45, 2.75) is 5.92 Å². The van der Waals surface area contributed by atoms with Crippen LogP contribution in [0.4, 0.5) is 5.82 Å². The molecule has 0 bridgehead atoms. The van der Waals surface area contributed by atoms with Crippen LogP contribution in [-0.4, -0.2) is 35.2 Å². The number of ether oxygens (including phenoxy) is 1. The van der Waals surface area contributed by atoms with Gasteiger partial charge in [0.2, 0.25) is 0 Å². The molecule has 2 aromatic heterocycles. The van der Waals surface area contributed by atoms with Gasteiger partial charge in [0.05, 0.1) is 35.2 Å². The summed E-state index contributed by atoms with van der Waals surface area (Å²) in [6.07, 6.45) is 3.57. The number of hydrogen-bond donors (Lipinski definition) is 0. The van der Waals surface area contributed by atoms with Crippen LogP contribution >= 0.6 is 0 Å². The zero-order chi connectivity index (χ0) is 22.1. The maximum absolute atomic E-state index is 5.44. The lowest BCUT2D eigenvalue weighted by Crippen LogP contribution is -2.46. The molecule has 1 aliphatic rings. The number of methoxy groups -OCH3 is 1. The van der Waals surface area contributed by atoms with Crippen LogP contribution in [0.15, 0.2) is 73.8 Å². The summed E-state index contributed by atoms with van der Waals surface area (Å²) in [7, 11) is 1.68. The maximum atomic E-state index is 5.44. The molecular formula is C27H24N4O. The van der Waals surface area contributed by atoms with E-state index in [1.54, 1.807) is 19.3 Å². The molecule has 1 fully saturated rings. The molecule has 0 N–H and O–H groups in total. The van der Waals surface area contributed by atoms with Gasteiger partial charge in [-0.15, -0.1) is 0 Å². The van der Waals surface area contributed by atoms with E-state index in [1.807, 2.05) is 54.6 Å². The monoisotopic (exact) mass is 420 g/mol. The lowest BCUT2D eigenvalue weighted by Gasteiger charge is -2.40. The quantitative estimate of drug-likeness (QED) is 0.407. The SMILES string of the molecule is C=Cc1ccc(N2CC(c3nc4ccccc4nc3-c3cccc(OC)c3)C2)nc1C=C. The molecule has 4 aromatic rings. The van der Waals surface area contributed by atoms with E-state index in [0.717, 1.165) is 63.9 Å². The summed E-state index contributed by atoms with van der Waals surface area (Å²) < 4.78 is 5.44. The number of benzene rings is 2. The largest absolute Gasteiger partial charge is 0.497 e. The highest BCUT2D eigenvalue weighted by Gasteiger charge is 2.33. The van der Waals surface area contributed by atoms with E-state index in [0.29, 0.717) is 0 Å². The van der Waals surface area contributed by atoms with Crippen molar-refractivity contribution in [1.29, 1.82) is 0 Å². The molecule has 0 atom stereocenters. The van der Waals surface area contributed by atoms with Crippen LogP contribution in [0.2, 0.25) is 0 Å². The van der Waals surface area contributed by atoms with Crippen LogP contribution in [0.1, 0.15) is 22.9 Å². The highest BCUT2D eigenvalue weighted by molar-refractivity contribution is 5.79. The molecule has 0 aliphatic carbocycles. The third-order valence-corrected chi connectivity index (χ3v) is 5.89. The summed E-state index contributed by atoms with van der Waals surface area (Å²) in [6, 6.07) is 20.1. The summed E-state index contributed by atoms with van der Waals surface area (Å²) in [5, 5.41) is 0. The van der Waals surface area contributed by atoms with Crippen LogP contribution < -0.4 is 9.64 Å². The van der Waals surface area contributed by atoms with Crippen molar-refractivity contribution in [3.63, 3.8) is 0 Å². The zero-order valence-electron chi connectivity index (χ0n) is 18.0. The zero-order valence-corrected chi connectivity index (χ0v) is 18.0. The number of pyridine rings is 1. The predicted molar refractivity (Wildman–Crippen MR) is 131 cm³/mol. The molecule has 0 saturated carbocycles. The van der Waals surface area contributed by atoms with Crippen molar-refractivity contribution in [1.82, 2.24) is 15.0 Å². The molecule has 3 heterocycles. The summed E-state index contributed by atoms with van der Waals surface area (Å²) in [6.45, 7) is 9.40. The van der Waals surface area contributed by atoms with Gasteiger partial charge in [-0.1, -0.05) is 43.5 Å². The number of nitrogens with zero attached hydrogens (tertiary/aromatic N) is 4. The maximum Gasteiger partial charge on any atom is 0.129 e. The number of aromatic nitrogens is 3. The Morgan fingerprint density at radius 3 is 2.41 bits per heavy atom. The van der Waals surface area contributed by atoms with E-state index in [-0.39, 0.29) is 5.92 Å². The molecule has 0 amide bonds. The molecule has 0 spiro atoms. The smallest absolute Gasteiger partial charge is 0.129 e. The molecule has 5 rings (SSSR count). The van der Waals surface area contributed by atoms with E-state index < -0.39 is 0 Å². The lowest BCUT2D eigenvalue weighted by atomic mass is 9.92. The molecule has 5 heteroatoms. The highest BCUT2D eigenvalue weighted by atomic mass is 16.5. The minimum absolute atomic E-state index is 0.265. The first-order valence-electron chi connectivity index (χ1n) is 10.6. The minimum Gasteiger partial charge on any atom is -0.497 e. The summed E-state index contributed by atoms with van der Waals surface area (Å²) in [4.78, 5) is 17.0. The van der Waals surface area contributed by atoms with E-state index in [4.69, 9.17) is 19.7 Å². The van der Waals surface area contributed by atoms with Gasteiger partial charge in [-0.25, -0.2) is 15.0 Å². The Morgan fingerprint density at radius 1 is 0.906 bits per heavy atom. The van der Waals surface area contributed by atoms with Crippen molar-refractivity contribution in [2.75, 3.05) is 25.1 Å². The van der Waals surface area contributed by atoms with Gasteiger partial charge < -0.3 is 9.64 Å². The molecule has 0 unspecified atom stereocenters. The lowest BCUT2D eigenvalue weighted by molar-refractivity contribution is 0.415. The molecule has 1 saturated heterocycles. The van der Waals surface area contributed by atoms with Gasteiger partial charge in [0, 0.05) is 24.6 Å². The van der Waals surface area contributed by atoms with Crippen molar-refractivity contribution < 1.29 is 4.74 Å². The first kappa shape index (κ1) is 19.9. The van der Waals surface area contributed by atoms with Crippen molar-refractivity contribution in [3.8, 4) is 17.0 Å². The molecule has 32 heavy (non-hydrogen) atoms. The Labute approximate surface area is 187 Å². The Balaban J connectivity index is 1.50. The van der Waals surface area contributed by atoms with Crippen molar-refractivity contribution >= 4 is 29.0 Å². The van der Waals surface area contributed by atoms with E-state index >= 15 is 0 Å².